The molecule has 31 heavy (non-hydrogen) atoms. The smallest absolute Gasteiger partial charge is 0.412 e. The molecule has 0 saturated heterocycles. The van der Waals surface area contributed by atoms with Gasteiger partial charge in [-0.05, 0) is 0 Å². The van der Waals surface area contributed by atoms with Crippen LogP contribution in [-0.4, -0.2) is 34.8 Å². The minimum absolute atomic E-state index is 0. The third-order valence-electron chi connectivity index (χ3n) is 3.96. The Bertz CT molecular complexity index is 332. The lowest BCUT2D eigenvalue weighted by Gasteiger charge is -2.03. The molecule has 0 rings (SSSR count). The second-order valence-electron chi connectivity index (χ2n) is 6.98. The van der Waals surface area contributed by atoms with Gasteiger partial charge >= 0.3 is 15.6 Å². The summed E-state index contributed by atoms with van der Waals surface area (Å²) in [6.07, 6.45) is 23.4. The van der Waals surface area contributed by atoms with Gasteiger partial charge in [0.05, 0.1) is 0 Å². The van der Waals surface area contributed by atoms with E-state index >= 15 is 0 Å². The van der Waals surface area contributed by atoms with Gasteiger partial charge in [0.2, 0.25) is 0 Å². The van der Waals surface area contributed by atoms with Gasteiger partial charge in [-0.15, -0.1) is 0 Å². The highest BCUT2D eigenvalue weighted by atomic mass is 31.2. The average molecular weight is 499 g/mol. The predicted octanol–water partition coefficient (Wildman–Crippen LogP) is 5.61. The maximum Gasteiger partial charge on any atom is 0.466 e. The molecule has 0 aromatic carbocycles. The molecule has 0 spiro atoms. The van der Waals surface area contributed by atoms with Crippen molar-refractivity contribution in [2.45, 2.75) is 130 Å². The molecule has 0 heterocycles. The van der Waals surface area contributed by atoms with Crippen molar-refractivity contribution in [1.29, 1.82) is 0 Å². The fourth-order valence-electron chi connectivity index (χ4n) is 2.62. The molecular formula is C20H52O9P2. The first kappa shape index (κ1) is 41.4. The van der Waals surface area contributed by atoms with Crippen LogP contribution in [0.1, 0.15) is 130 Å². The largest absolute Gasteiger partial charge is 0.466 e. The van der Waals surface area contributed by atoms with Crippen molar-refractivity contribution >= 4 is 15.6 Å². The maximum atomic E-state index is 8.88. The van der Waals surface area contributed by atoms with Crippen LogP contribution in [0.2, 0.25) is 0 Å². The summed E-state index contributed by atoms with van der Waals surface area (Å²) in [6, 6.07) is 0. The van der Waals surface area contributed by atoms with E-state index in [0.29, 0.717) is 0 Å². The van der Waals surface area contributed by atoms with E-state index in [1.165, 1.54) is 103 Å². The van der Waals surface area contributed by atoms with E-state index in [4.69, 9.17) is 38.5 Å². The number of unbranched alkanes of at least 4 members (excludes halogenated alkanes) is 15. The minimum Gasteiger partial charge on any atom is -0.412 e. The number of hydrogen-bond acceptors (Lipinski definition) is 2. The maximum absolute atomic E-state index is 8.88. The van der Waals surface area contributed by atoms with Crippen LogP contribution in [0.3, 0.4) is 0 Å². The fraction of sp³-hybridized carbons (Fsp3) is 1.00. The molecule has 0 radical (unpaired) electrons. The van der Waals surface area contributed by atoms with E-state index in [1.807, 2.05) is 13.8 Å². The van der Waals surface area contributed by atoms with Gasteiger partial charge in [0.15, 0.2) is 0 Å². The van der Waals surface area contributed by atoms with E-state index in [9.17, 15) is 0 Å². The Morgan fingerprint density at radius 2 is 0.516 bits per heavy atom. The molecule has 11 heteroatoms. The summed E-state index contributed by atoms with van der Waals surface area (Å²) in [5, 5.41) is 0. The summed E-state index contributed by atoms with van der Waals surface area (Å²) < 4.78 is 17.8. The molecule has 8 N–H and O–H groups in total. The lowest BCUT2D eigenvalue weighted by Crippen LogP contribution is -1.83. The molecule has 0 aromatic rings. The van der Waals surface area contributed by atoms with Crippen molar-refractivity contribution < 1.29 is 44.0 Å². The highest BCUT2D eigenvalue weighted by Crippen LogP contribution is 2.26. The summed E-state index contributed by atoms with van der Waals surface area (Å²) in [7, 11) is -9.28. The van der Waals surface area contributed by atoms with Crippen LogP contribution in [0, 0.1) is 0 Å². The lowest BCUT2D eigenvalue weighted by molar-refractivity contribution is 0.272. The van der Waals surface area contributed by atoms with Crippen molar-refractivity contribution in [2.24, 2.45) is 0 Å². The molecule has 0 saturated carbocycles. The molecule has 0 aliphatic rings. The quantitative estimate of drug-likeness (QED) is 0.124. The first-order valence-corrected chi connectivity index (χ1v) is 14.6. The van der Waals surface area contributed by atoms with Gasteiger partial charge in [-0.25, -0.2) is 9.13 Å². The second-order valence-corrected chi connectivity index (χ2v) is 9.03. The van der Waals surface area contributed by atoms with Gasteiger partial charge in [-0.3, -0.25) is 0 Å². The van der Waals surface area contributed by atoms with E-state index in [1.54, 1.807) is 0 Å². The Morgan fingerprint density at radius 3 is 0.613 bits per heavy atom. The zero-order chi connectivity index (χ0) is 24.3. The first-order chi connectivity index (χ1) is 13.9. The third kappa shape index (κ3) is 104. The fourth-order valence-corrected chi connectivity index (χ4v) is 2.62. The van der Waals surface area contributed by atoms with Crippen LogP contribution in [0.15, 0.2) is 0 Å². The summed E-state index contributed by atoms with van der Waals surface area (Å²) >= 11 is 0. The van der Waals surface area contributed by atoms with Crippen molar-refractivity contribution in [2.75, 3.05) is 0 Å². The highest BCUT2D eigenvalue weighted by Gasteiger charge is 2.00. The molecule has 0 unspecified atom stereocenters. The Hall–Kier alpha value is 0.180. The third-order valence-corrected chi connectivity index (χ3v) is 3.96. The van der Waals surface area contributed by atoms with E-state index in [2.05, 4.69) is 13.8 Å². The molecule has 0 bridgehead atoms. The zero-order valence-corrected chi connectivity index (χ0v) is 22.0. The SMILES string of the molecule is CC.CCCCCCCCCCCCCCCCCC.O.O=P(O)(O)O.O=P(O)(O)O. The van der Waals surface area contributed by atoms with Crippen LogP contribution in [0.5, 0.6) is 0 Å². The van der Waals surface area contributed by atoms with Gasteiger partial charge in [-0.1, -0.05) is 130 Å². The molecule has 0 fully saturated rings. The minimum atomic E-state index is -4.64. The molecular weight excluding hydrogens is 446 g/mol. The Balaban J connectivity index is -0.000000143. The normalized spacial score (nSPS) is 10.4. The highest BCUT2D eigenvalue weighted by molar-refractivity contribution is 7.45. The lowest BCUT2D eigenvalue weighted by atomic mass is 10.0. The molecule has 0 aliphatic heterocycles. The summed E-state index contributed by atoms with van der Waals surface area (Å²) in [6.45, 7) is 8.59. The predicted molar refractivity (Wildman–Crippen MR) is 129 cm³/mol. The Kier molecular flexibility index (Phi) is 43.3. The Labute approximate surface area is 190 Å². The first-order valence-electron chi connectivity index (χ1n) is 11.5. The van der Waals surface area contributed by atoms with Crippen LogP contribution < -0.4 is 0 Å². The molecule has 196 valence electrons. The van der Waals surface area contributed by atoms with Gasteiger partial charge in [-0.2, -0.15) is 0 Å². The Morgan fingerprint density at radius 1 is 0.419 bits per heavy atom. The number of hydrogen-bond donors (Lipinski definition) is 6. The van der Waals surface area contributed by atoms with Gasteiger partial charge in [0.1, 0.15) is 0 Å². The number of rotatable bonds is 15. The van der Waals surface area contributed by atoms with Gasteiger partial charge < -0.3 is 34.8 Å². The van der Waals surface area contributed by atoms with E-state index in [0.717, 1.165) is 0 Å². The van der Waals surface area contributed by atoms with Crippen LogP contribution in [0.25, 0.3) is 0 Å². The number of phosphoric acid groups is 2. The van der Waals surface area contributed by atoms with Crippen molar-refractivity contribution in [3.8, 4) is 0 Å². The summed E-state index contributed by atoms with van der Waals surface area (Å²) in [5.41, 5.74) is 0. The molecule has 9 nitrogen and oxygen atoms in total. The van der Waals surface area contributed by atoms with Crippen molar-refractivity contribution in [1.82, 2.24) is 0 Å². The average Bonchev–Trinajstić information content (AvgIpc) is 2.61. The second kappa shape index (κ2) is 32.4. The molecule has 0 amide bonds. The molecule has 0 atom stereocenters. The van der Waals surface area contributed by atoms with Crippen LogP contribution in [0.4, 0.5) is 0 Å². The van der Waals surface area contributed by atoms with Crippen molar-refractivity contribution in [3.63, 3.8) is 0 Å². The zero-order valence-electron chi connectivity index (χ0n) is 20.2. The standard InChI is InChI=1S/C18H38.C2H6.2H3O4P.H2O/c1-3-5-7-9-11-13-15-17-18-16-14-12-10-8-6-4-2;1-2;2*1-5(2,3)4;/h3-18H2,1-2H3;1-2H3;2*(H3,1,2,3,4);1H2. The monoisotopic (exact) mass is 498 g/mol. The van der Waals surface area contributed by atoms with Crippen LogP contribution >= 0.6 is 15.6 Å². The van der Waals surface area contributed by atoms with Gasteiger partial charge in [0.25, 0.3) is 0 Å². The van der Waals surface area contributed by atoms with E-state index < -0.39 is 15.6 Å². The van der Waals surface area contributed by atoms with Gasteiger partial charge in [0, 0.05) is 0 Å². The summed E-state index contributed by atoms with van der Waals surface area (Å²) in [5.74, 6) is 0. The van der Waals surface area contributed by atoms with E-state index in [-0.39, 0.29) is 5.48 Å². The van der Waals surface area contributed by atoms with Crippen molar-refractivity contribution in [3.05, 3.63) is 0 Å². The van der Waals surface area contributed by atoms with Crippen LogP contribution in [-0.2, 0) is 9.13 Å². The topological polar surface area (TPSA) is 187 Å². The molecule has 0 aromatic heterocycles. The summed E-state index contributed by atoms with van der Waals surface area (Å²) in [4.78, 5) is 43.1. The molecule has 0 aliphatic carbocycles.